The van der Waals surface area contributed by atoms with Gasteiger partial charge in [0.25, 0.3) is 0 Å². The summed E-state index contributed by atoms with van der Waals surface area (Å²) in [5, 5.41) is 3.35. The summed E-state index contributed by atoms with van der Waals surface area (Å²) in [5.74, 6) is 0.974. The highest BCUT2D eigenvalue weighted by atomic mass is 16.5. The van der Waals surface area contributed by atoms with Crippen LogP contribution >= 0.6 is 0 Å². The summed E-state index contributed by atoms with van der Waals surface area (Å²) in [4.78, 5) is 11.3. The number of hydrogen-bond acceptors (Lipinski definition) is 5. The van der Waals surface area contributed by atoms with Crippen molar-refractivity contribution in [3.05, 3.63) is 47.5 Å². The Morgan fingerprint density at radius 2 is 1.84 bits per heavy atom. The zero-order valence-corrected chi connectivity index (χ0v) is 15.2. The van der Waals surface area contributed by atoms with E-state index in [1.165, 1.54) is 6.92 Å². The topological polar surface area (TPSA) is 56.8 Å². The van der Waals surface area contributed by atoms with Crippen LogP contribution in [0.2, 0.25) is 0 Å². The fraction of sp³-hybridized carbons (Fsp3) is 0.350. The van der Waals surface area contributed by atoms with Crippen LogP contribution in [0.3, 0.4) is 0 Å². The molecular weight excluding hydrogens is 318 g/mol. The van der Waals surface area contributed by atoms with Gasteiger partial charge in [-0.3, -0.25) is 4.79 Å². The summed E-state index contributed by atoms with van der Waals surface area (Å²) in [6, 6.07) is 11.9. The number of benzene rings is 2. The summed E-state index contributed by atoms with van der Waals surface area (Å²) in [6.45, 7) is 5.11. The van der Waals surface area contributed by atoms with E-state index >= 15 is 0 Å². The maximum atomic E-state index is 11.3. The van der Waals surface area contributed by atoms with Gasteiger partial charge < -0.3 is 19.5 Å². The van der Waals surface area contributed by atoms with Gasteiger partial charge in [0.15, 0.2) is 11.5 Å². The molecule has 0 amide bonds. The van der Waals surface area contributed by atoms with Crippen LogP contribution < -0.4 is 14.8 Å². The molecule has 2 aromatic rings. The lowest BCUT2D eigenvalue weighted by Crippen LogP contribution is -2.16. The number of carbonyl (C=O) groups excluding carboxylic acids is 1. The zero-order valence-electron chi connectivity index (χ0n) is 15.2. The lowest BCUT2D eigenvalue weighted by molar-refractivity contribution is -0.142. The van der Waals surface area contributed by atoms with Gasteiger partial charge in [0, 0.05) is 19.0 Å². The highest BCUT2D eigenvalue weighted by Crippen LogP contribution is 2.42. The van der Waals surface area contributed by atoms with Crippen molar-refractivity contribution in [2.45, 2.75) is 27.0 Å². The van der Waals surface area contributed by atoms with Gasteiger partial charge >= 0.3 is 5.97 Å². The van der Waals surface area contributed by atoms with Crippen LogP contribution in [0.15, 0.2) is 36.4 Å². The average molecular weight is 343 g/mol. The molecule has 2 rings (SSSR count). The van der Waals surface area contributed by atoms with E-state index in [0.29, 0.717) is 18.0 Å². The van der Waals surface area contributed by atoms with Crippen molar-refractivity contribution >= 4 is 5.97 Å². The second-order valence-corrected chi connectivity index (χ2v) is 5.55. The molecule has 0 radical (unpaired) electrons. The maximum Gasteiger partial charge on any atom is 0.302 e. The van der Waals surface area contributed by atoms with Crippen LogP contribution in [0.25, 0.3) is 11.1 Å². The summed E-state index contributed by atoms with van der Waals surface area (Å²) in [7, 11) is 3.24. The molecular formula is C20H25NO4. The van der Waals surface area contributed by atoms with Gasteiger partial charge in [-0.15, -0.1) is 0 Å². The minimum absolute atomic E-state index is 0.191. The monoisotopic (exact) mass is 343 g/mol. The summed E-state index contributed by atoms with van der Waals surface area (Å²) in [5.41, 5.74) is 3.90. The molecule has 0 saturated heterocycles. The molecule has 5 nitrogen and oxygen atoms in total. The molecule has 0 fully saturated rings. The van der Waals surface area contributed by atoms with Crippen molar-refractivity contribution in [2.24, 2.45) is 0 Å². The normalized spacial score (nSPS) is 10.4. The zero-order chi connectivity index (χ0) is 18.2. The number of methoxy groups -OCH3 is 2. The van der Waals surface area contributed by atoms with Gasteiger partial charge in [0.05, 0.1) is 14.2 Å². The Kier molecular flexibility index (Phi) is 6.83. The Bertz CT molecular complexity index is 713. The Morgan fingerprint density at radius 1 is 1.12 bits per heavy atom. The standard InChI is InChI=1S/C20H25NO4/c1-5-21-12-17-16(13-25-14(2)22)11-18(23-3)20(24-4)19(17)15-9-7-6-8-10-15/h6-11,21H,5,12-13H2,1-4H3. The van der Waals surface area contributed by atoms with Gasteiger partial charge in [0.1, 0.15) is 6.61 Å². The first-order chi connectivity index (χ1) is 12.1. The van der Waals surface area contributed by atoms with Crippen molar-refractivity contribution in [2.75, 3.05) is 20.8 Å². The number of ether oxygens (including phenoxy) is 3. The third-order valence-corrected chi connectivity index (χ3v) is 3.91. The molecule has 0 aliphatic rings. The molecule has 0 aliphatic carbocycles. The van der Waals surface area contributed by atoms with Gasteiger partial charge in [-0.1, -0.05) is 37.3 Å². The predicted octanol–water partition coefficient (Wildman–Crippen LogP) is 3.54. The lowest BCUT2D eigenvalue weighted by Gasteiger charge is -2.21. The summed E-state index contributed by atoms with van der Waals surface area (Å²) < 4.78 is 16.4. The molecule has 25 heavy (non-hydrogen) atoms. The van der Waals surface area contributed by atoms with Crippen molar-refractivity contribution in [1.82, 2.24) is 5.32 Å². The average Bonchev–Trinajstić information content (AvgIpc) is 2.64. The van der Waals surface area contributed by atoms with Crippen LogP contribution in [-0.4, -0.2) is 26.7 Å². The third-order valence-electron chi connectivity index (χ3n) is 3.91. The molecule has 0 bridgehead atoms. The second kappa shape index (κ2) is 9.08. The Labute approximate surface area is 148 Å². The molecule has 0 heterocycles. The smallest absolute Gasteiger partial charge is 0.302 e. The van der Waals surface area contributed by atoms with Gasteiger partial charge in [-0.25, -0.2) is 0 Å². The van der Waals surface area contributed by atoms with Crippen molar-refractivity contribution in [3.63, 3.8) is 0 Å². The molecule has 5 heteroatoms. The summed E-state index contributed by atoms with van der Waals surface area (Å²) in [6.07, 6.45) is 0. The van der Waals surface area contributed by atoms with E-state index in [4.69, 9.17) is 14.2 Å². The molecule has 0 unspecified atom stereocenters. The first kappa shape index (κ1) is 18.8. The molecule has 0 atom stereocenters. The Balaban J connectivity index is 2.68. The lowest BCUT2D eigenvalue weighted by atomic mass is 9.93. The number of esters is 1. The summed E-state index contributed by atoms with van der Waals surface area (Å²) >= 11 is 0. The molecule has 134 valence electrons. The molecule has 0 spiro atoms. The Morgan fingerprint density at radius 3 is 2.40 bits per heavy atom. The van der Waals surface area contributed by atoms with E-state index in [1.807, 2.05) is 36.4 Å². The van der Waals surface area contributed by atoms with Gasteiger partial charge in [-0.2, -0.15) is 0 Å². The third kappa shape index (κ3) is 4.51. The fourth-order valence-electron chi connectivity index (χ4n) is 2.76. The maximum absolute atomic E-state index is 11.3. The number of hydrogen-bond donors (Lipinski definition) is 1. The first-order valence-corrected chi connectivity index (χ1v) is 8.28. The second-order valence-electron chi connectivity index (χ2n) is 5.55. The largest absolute Gasteiger partial charge is 0.493 e. The highest BCUT2D eigenvalue weighted by molar-refractivity contribution is 5.79. The molecule has 2 aromatic carbocycles. The highest BCUT2D eigenvalue weighted by Gasteiger charge is 2.21. The van der Waals surface area contributed by atoms with Crippen LogP contribution in [0.4, 0.5) is 0 Å². The van der Waals surface area contributed by atoms with Crippen LogP contribution in [0.1, 0.15) is 25.0 Å². The minimum atomic E-state index is -0.314. The van der Waals surface area contributed by atoms with Crippen LogP contribution in [0.5, 0.6) is 11.5 Å². The Hall–Kier alpha value is -2.53. The van der Waals surface area contributed by atoms with E-state index < -0.39 is 0 Å². The van der Waals surface area contributed by atoms with E-state index in [2.05, 4.69) is 12.2 Å². The fourth-order valence-corrected chi connectivity index (χ4v) is 2.76. The quantitative estimate of drug-likeness (QED) is 0.743. The van der Waals surface area contributed by atoms with Gasteiger partial charge in [0.2, 0.25) is 0 Å². The number of carbonyl (C=O) groups is 1. The number of nitrogens with one attached hydrogen (secondary N) is 1. The first-order valence-electron chi connectivity index (χ1n) is 8.28. The van der Waals surface area contributed by atoms with Crippen LogP contribution in [-0.2, 0) is 22.7 Å². The van der Waals surface area contributed by atoms with Crippen molar-refractivity contribution in [3.8, 4) is 22.6 Å². The molecule has 1 N–H and O–H groups in total. The SMILES string of the molecule is CCNCc1c(COC(C)=O)cc(OC)c(OC)c1-c1ccccc1. The van der Waals surface area contributed by atoms with Crippen molar-refractivity contribution < 1.29 is 19.0 Å². The molecule has 0 saturated carbocycles. The van der Waals surface area contributed by atoms with Crippen LogP contribution in [0, 0.1) is 0 Å². The molecule has 0 aromatic heterocycles. The van der Waals surface area contributed by atoms with Crippen molar-refractivity contribution in [1.29, 1.82) is 0 Å². The van der Waals surface area contributed by atoms with E-state index in [9.17, 15) is 4.79 Å². The van der Waals surface area contributed by atoms with Gasteiger partial charge in [-0.05, 0) is 29.3 Å². The molecule has 0 aliphatic heterocycles. The predicted molar refractivity (Wildman–Crippen MR) is 97.8 cm³/mol. The minimum Gasteiger partial charge on any atom is -0.493 e. The van der Waals surface area contributed by atoms with E-state index in [1.54, 1.807) is 14.2 Å². The van der Waals surface area contributed by atoms with E-state index in [-0.39, 0.29) is 12.6 Å². The number of rotatable bonds is 8. The van der Waals surface area contributed by atoms with E-state index in [0.717, 1.165) is 28.8 Å².